The minimum absolute atomic E-state index is 0. The van der Waals surface area contributed by atoms with Crippen LogP contribution in [-0.4, -0.2) is 34.3 Å². The van der Waals surface area contributed by atoms with Gasteiger partial charge < -0.3 is 20.5 Å². The third-order valence-corrected chi connectivity index (χ3v) is 4.98. The average molecular weight is 429 g/mol. The Morgan fingerprint density at radius 3 is 2.32 bits per heavy atom. The number of ether oxygens (including phenoxy) is 2. The Kier molecular flexibility index (Phi) is 9.08. The first kappa shape index (κ1) is 23.6. The Morgan fingerprint density at radius 2 is 1.71 bits per heavy atom. The summed E-state index contributed by atoms with van der Waals surface area (Å²) < 4.78 is 33.5. The molecule has 0 heterocycles. The first-order valence-electron chi connectivity index (χ1n) is 8.46. The topological polar surface area (TPSA) is 108 Å². The Labute approximate surface area is 171 Å². The zero-order chi connectivity index (χ0) is 19.9. The molecule has 2 aromatic rings. The van der Waals surface area contributed by atoms with Crippen molar-refractivity contribution in [2.45, 2.75) is 24.2 Å². The van der Waals surface area contributed by atoms with Crippen molar-refractivity contribution in [2.75, 3.05) is 31.0 Å². The number of unbranched alkanes of at least 4 members (excludes halogenated alkanes) is 1. The zero-order valence-electron chi connectivity index (χ0n) is 15.8. The average Bonchev–Trinajstić information content (AvgIpc) is 2.63. The second-order valence-electron chi connectivity index (χ2n) is 6.05. The second-order valence-corrected chi connectivity index (χ2v) is 8.07. The summed E-state index contributed by atoms with van der Waals surface area (Å²) in [6, 6.07) is 11.3. The number of halogens is 1. The van der Waals surface area contributed by atoms with Gasteiger partial charge in [-0.25, -0.2) is 8.42 Å². The van der Waals surface area contributed by atoms with E-state index in [0.717, 1.165) is 6.26 Å². The first-order chi connectivity index (χ1) is 12.8. The molecular formula is C19H25ClN2O5S. The van der Waals surface area contributed by atoms with Gasteiger partial charge in [-0.3, -0.25) is 4.79 Å². The molecule has 1 amide bonds. The summed E-state index contributed by atoms with van der Waals surface area (Å²) in [5, 5.41) is 2.77. The van der Waals surface area contributed by atoms with Crippen LogP contribution >= 0.6 is 12.4 Å². The summed E-state index contributed by atoms with van der Waals surface area (Å²) in [4.78, 5) is 12.3. The second kappa shape index (κ2) is 10.8. The van der Waals surface area contributed by atoms with E-state index in [2.05, 4.69) is 5.32 Å². The molecule has 0 saturated carbocycles. The molecule has 3 N–H and O–H groups in total. The van der Waals surface area contributed by atoms with Crippen molar-refractivity contribution in [3.63, 3.8) is 0 Å². The van der Waals surface area contributed by atoms with Crippen molar-refractivity contribution in [3.05, 3.63) is 42.5 Å². The molecule has 0 atom stereocenters. The molecular weight excluding hydrogens is 404 g/mol. The van der Waals surface area contributed by atoms with Gasteiger partial charge in [-0.2, -0.15) is 0 Å². The van der Waals surface area contributed by atoms with Gasteiger partial charge in [0.05, 0.1) is 30.0 Å². The van der Waals surface area contributed by atoms with Crippen LogP contribution in [0.3, 0.4) is 0 Å². The number of benzene rings is 2. The standard InChI is InChI=1S/C19H24N2O5S.ClH/c1-25-15-8-11-17(20)18(13-15)21-19(22)5-3-4-12-26-14-6-9-16(10-7-14)27(2,23)24;/h6-11,13H,3-5,12,20H2,1-2H3,(H,21,22);1H. The van der Waals surface area contributed by atoms with Crippen molar-refractivity contribution in [1.29, 1.82) is 0 Å². The van der Waals surface area contributed by atoms with Gasteiger partial charge in [-0.15, -0.1) is 12.4 Å². The highest BCUT2D eigenvalue weighted by atomic mass is 35.5. The number of carbonyl (C=O) groups is 1. The summed E-state index contributed by atoms with van der Waals surface area (Å²) >= 11 is 0. The zero-order valence-corrected chi connectivity index (χ0v) is 17.4. The molecule has 0 aliphatic carbocycles. The van der Waals surface area contributed by atoms with Crippen LogP contribution in [0.2, 0.25) is 0 Å². The van der Waals surface area contributed by atoms with Crippen molar-refractivity contribution in [2.24, 2.45) is 0 Å². The molecule has 2 rings (SSSR count). The van der Waals surface area contributed by atoms with Crippen LogP contribution in [0.15, 0.2) is 47.4 Å². The molecule has 0 aromatic heterocycles. The van der Waals surface area contributed by atoms with E-state index in [1.54, 1.807) is 37.4 Å². The maximum atomic E-state index is 12.0. The number of rotatable bonds is 9. The smallest absolute Gasteiger partial charge is 0.224 e. The fraction of sp³-hybridized carbons (Fsp3) is 0.316. The number of nitrogen functional groups attached to an aromatic ring is 1. The summed E-state index contributed by atoms with van der Waals surface area (Å²) in [5.41, 5.74) is 6.85. The number of nitrogens with two attached hydrogens (primary N) is 1. The molecule has 0 unspecified atom stereocenters. The number of anilines is 2. The van der Waals surface area contributed by atoms with E-state index in [0.29, 0.717) is 48.7 Å². The van der Waals surface area contributed by atoms with Crippen LogP contribution in [0.4, 0.5) is 11.4 Å². The summed E-state index contributed by atoms with van der Waals surface area (Å²) in [6.45, 7) is 0.437. The van der Waals surface area contributed by atoms with Gasteiger partial charge in [0.1, 0.15) is 11.5 Å². The van der Waals surface area contributed by atoms with Crippen molar-refractivity contribution in [1.82, 2.24) is 0 Å². The molecule has 0 radical (unpaired) electrons. The number of sulfone groups is 1. The number of carbonyl (C=O) groups excluding carboxylic acids is 1. The van der Waals surface area contributed by atoms with E-state index in [4.69, 9.17) is 15.2 Å². The molecule has 0 saturated heterocycles. The quantitative estimate of drug-likeness (QED) is 0.468. The number of amides is 1. The molecule has 0 fully saturated rings. The molecule has 2 aromatic carbocycles. The molecule has 0 spiro atoms. The van der Waals surface area contributed by atoms with E-state index < -0.39 is 9.84 Å². The SMILES string of the molecule is COc1ccc(N)c(NC(=O)CCCCOc2ccc(S(C)(=O)=O)cc2)c1.Cl. The van der Waals surface area contributed by atoms with Crippen LogP contribution < -0.4 is 20.5 Å². The third kappa shape index (κ3) is 7.28. The first-order valence-corrected chi connectivity index (χ1v) is 10.3. The molecule has 7 nitrogen and oxygen atoms in total. The number of nitrogens with one attached hydrogen (secondary N) is 1. The van der Waals surface area contributed by atoms with E-state index in [1.165, 1.54) is 12.1 Å². The lowest BCUT2D eigenvalue weighted by Crippen LogP contribution is -2.13. The molecule has 0 aliphatic rings. The predicted octanol–water partition coefficient (Wildman–Crippen LogP) is 3.29. The molecule has 28 heavy (non-hydrogen) atoms. The van der Waals surface area contributed by atoms with E-state index in [1.807, 2.05) is 0 Å². The van der Waals surface area contributed by atoms with Gasteiger partial charge >= 0.3 is 0 Å². The van der Waals surface area contributed by atoms with Crippen LogP contribution in [0.5, 0.6) is 11.5 Å². The van der Waals surface area contributed by atoms with Crippen LogP contribution in [0.25, 0.3) is 0 Å². The van der Waals surface area contributed by atoms with E-state index in [-0.39, 0.29) is 23.2 Å². The minimum Gasteiger partial charge on any atom is -0.497 e. The Bertz CT molecular complexity index is 886. The lowest BCUT2D eigenvalue weighted by molar-refractivity contribution is -0.116. The van der Waals surface area contributed by atoms with E-state index >= 15 is 0 Å². The van der Waals surface area contributed by atoms with Gasteiger partial charge in [0.15, 0.2) is 9.84 Å². The Balaban J connectivity index is 0.00000392. The summed E-state index contributed by atoms with van der Waals surface area (Å²) in [7, 11) is -1.66. The highest BCUT2D eigenvalue weighted by Gasteiger charge is 2.08. The Morgan fingerprint density at radius 1 is 1.07 bits per heavy atom. The van der Waals surface area contributed by atoms with E-state index in [9.17, 15) is 13.2 Å². The van der Waals surface area contributed by atoms with Gasteiger partial charge in [0.2, 0.25) is 5.91 Å². The van der Waals surface area contributed by atoms with Gasteiger partial charge in [0, 0.05) is 18.7 Å². The monoisotopic (exact) mass is 428 g/mol. The van der Waals surface area contributed by atoms with Crippen LogP contribution in [-0.2, 0) is 14.6 Å². The van der Waals surface area contributed by atoms with Crippen molar-refractivity contribution < 1.29 is 22.7 Å². The molecule has 9 heteroatoms. The third-order valence-electron chi connectivity index (χ3n) is 3.85. The van der Waals surface area contributed by atoms with Crippen molar-refractivity contribution >= 4 is 39.5 Å². The minimum atomic E-state index is -3.21. The number of hydrogen-bond acceptors (Lipinski definition) is 6. The van der Waals surface area contributed by atoms with Gasteiger partial charge in [-0.1, -0.05) is 0 Å². The summed E-state index contributed by atoms with van der Waals surface area (Å²) in [6.07, 6.45) is 2.84. The molecule has 0 aliphatic heterocycles. The normalized spacial score (nSPS) is 10.6. The van der Waals surface area contributed by atoms with Gasteiger partial charge in [0.25, 0.3) is 0 Å². The maximum Gasteiger partial charge on any atom is 0.224 e. The van der Waals surface area contributed by atoms with Crippen LogP contribution in [0, 0.1) is 0 Å². The molecule has 154 valence electrons. The Hall–Kier alpha value is -2.45. The largest absolute Gasteiger partial charge is 0.497 e. The predicted molar refractivity (Wildman–Crippen MR) is 112 cm³/mol. The molecule has 0 bridgehead atoms. The summed E-state index contributed by atoms with van der Waals surface area (Å²) in [5.74, 6) is 1.08. The highest BCUT2D eigenvalue weighted by molar-refractivity contribution is 7.90. The number of hydrogen-bond donors (Lipinski definition) is 2. The fourth-order valence-corrected chi connectivity index (χ4v) is 2.97. The maximum absolute atomic E-state index is 12.0. The van der Waals surface area contributed by atoms with Gasteiger partial charge in [-0.05, 0) is 49.2 Å². The lowest BCUT2D eigenvalue weighted by Gasteiger charge is -2.10. The lowest BCUT2D eigenvalue weighted by atomic mass is 10.2. The fourth-order valence-electron chi connectivity index (χ4n) is 2.34. The van der Waals surface area contributed by atoms with Crippen molar-refractivity contribution in [3.8, 4) is 11.5 Å². The number of methoxy groups -OCH3 is 1. The highest BCUT2D eigenvalue weighted by Crippen LogP contribution is 2.24. The van der Waals surface area contributed by atoms with Crippen LogP contribution in [0.1, 0.15) is 19.3 Å².